The van der Waals surface area contributed by atoms with Gasteiger partial charge in [0.2, 0.25) is 10.0 Å². The van der Waals surface area contributed by atoms with Crippen molar-refractivity contribution in [3.05, 3.63) is 41.4 Å². The first-order chi connectivity index (χ1) is 12.4. The van der Waals surface area contributed by atoms with Crippen LogP contribution in [0, 0.1) is 5.82 Å². The maximum atomic E-state index is 12.9. The highest BCUT2D eigenvalue weighted by atomic mass is 35.5. The second kappa shape index (κ2) is 7.73. The number of aromatic nitrogens is 2. The molecule has 1 aromatic heterocycles. The van der Waals surface area contributed by atoms with Gasteiger partial charge in [-0.3, -0.25) is 0 Å². The van der Waals surface area contributed by atoms with Gasteiger partial charge in [0.1, 0.15) is 11.9 Å². The zero-order chi connectivity index (χ0) is 18.7. The second-order valence-electron chi connectivity index (χ2n) is 5.73. The zero-order valence-corrected chi connectivity index (χ0v) is 15.5. The van der Waals surface area contributed by atoms with Crippen molar-refractivity contribution in [2.45, 2.75) is 23.8 Å². The summed E-state index contributed by atoms with van der Waals surface area (Å²) >= 11 is 6.04. The Balaban J connectivity index is 1.75. The molecule has 26 heavy (non-hydrogen) atoms. The molecule has 1 saturated heterocycles. The number of hydrogen-bond acceptors (Lipinski definition) is 6. The first-order valence-electron chi connectivity index (χ1n) is 7.88. The van der Waals surface area contributed by atoms with Crippen molar-refractivity contribution < 1.29 is 22.3 Å². The van der Waals surface area contributed by atoms with E-state index in [0.717, 1.165) is 12.4 Å². The van der Waals surface area contributed by atoms with Crippen LogP contribution in [0.5, 0.6) is 11.8 Å². The van der Waals surface area contributed by atoms with E-state index in [1.54, 1.807) is 0 Å². The highest BCUT2D eigenvalue weighted by Gasteiger charge is 2.32. The first kappa shape index (κ1) is 18.8. The number of benzene rings is 1. The lowest BCUT2D eigenvalue weighted by molar-refractivity contribution is 0.119. The van der Waals surface area contributed by atoms with E-state index < -0.39 is 21.9 Å². The number of ether oxygens (including phenoxy) is 2. The van der Waals surface area contributed by atoms with Crippen molar-refractivity contribution in [2.24, 2.45) is 0 Å². The molecule has 0 amide bonds. The summed E-state index contributed by atoms with van der Waals surface area (Å²) in [5.74, 6) is -0.166. The van der Waals surface area contributed by atoms with Crippen molar-refractivity contribution in [2.75, 3.05) is 20.2 Å². The van der Waals surface area contributed by atoms with E-state index in [1.807, 2.05) is 0 Å². The van der Waals surface area contributed by atoms with Crippen molar-refractivity contribution in [1.82, 2.24) is 14.3 Å². The summed E-state index contributed by atoms with van der Waals surface area (Å²) in [5.41, 5.74) is 0. The fourth-order valence-corrected chi connectivity index (χ4v) is 4.55. The lowest BCUT2D eigenvalue weighted by Crippen LogP contribution is -2.44. The molecular formula is C16H17ClFN3O4S. The predicted octanol–water partition coefficient (Wildman–Crippen LogP) is 2.51. The van der Waals surface area contributed by atoms with E-state index >= 15 is 0 Å². The Kier molecular flexibility index (Phi) is 5.59. The molecule has 1 atom stereocenters. The van der Waals surface area contributed by atoms with Crippen LogP contribution in [0.2, 0.25) is 5.02 Å². The molecule has 2 heterocycles. The molecule has 0 radical (unpaired) electrons. The minimum Gasteiger partial charge on any atom is -0.495 e. The molecule has 10 heteroatoms. The van der Waals surface area contributed by atoms with Crippen LogP contribution < -0.4 is 9.47 Å². The van der Waals surface area contributed by atoms with Gasteiger partial charge in [-0.1, -0.05) is 11.6 Å². The third-order valence-corrected chi connectivity index (χ3v) is 6.13. The number of rotatable bonds is 5. The molecule has 0 aliphatic carbocycles. The molecule has 1 aliphatic rings. The molecule has 140 valence electrons. The number of hydrogen-bond donors (Lipinski definition) is 0. The topological polar surface area (TPSA) is 81.6 Å². The number of sulfonamides is 1. The summed E-state index contributed by atoms with van der Waals surface area (Å²) < 4.78 is 50.6. The Hall–Kier alpha value is -1.97. The van der Waals surface area contributed by atoms with Crippen LogP contribution in [0.15, 0.2) is 35.5 Å². The maximum Gasteiger partial charge on any atom is 0.316 e. The van der Waals surface area contributed by atoms with Gasteiger partial charge in [-0.2, -0.15) is 4.31 Å². The summed E-state index contributed by atoms with van der Waals surface area (Å²) in [5, 5.41) is 0.220. The lowest BCUT2D eigenvalue weighted by Gasteiger charge is -2.31. The third-order valence-electron chi connectivity index (χ3n) is 3.97. The maximum absolute atomic E-state index is 12.9. The number of methoxy groups -OCH3 is 1. The van der Waals surface area contributed by atoms with E-state index in [0.29, 0.717) is 25.1 Å². The Morgan fingerprint density at radius 3 is 2.69 bits per heavy atom. The largest absolute Gasteiger partial charge is 0.495 e. The summed E-state index contributed by atoms with van der Waals surface area (Å²) in [6.07, 6.45) is 2.85. The smallest absolute Gasteiger partial charge is 0.316 e. The van der Waals surface area contributed by atoms with Crippen molar-refractivity contribution >= 4 is 21.6 Å². The van der Waals surface area contributed by atoms with Gasteiger partial charge in [-0.25, -0.2) is 22.8 Å². The van der Waals surface area contributed by atoms with Gasteiger partial charge in [0.25, 0.3) is 0 Å². The second-order valence-corrected chi connectivity index (χ2v) is 8.07. The lowest BCUT2D eigenvalue weighted by atomic mass is 10.1. The average molecular weight is 402 g/mol. The van der Waals surface area contributed by atoms with Crippen LogP contribution in [0.25, 0.3) is 0 Å². The highest BCUT2D eigenvalue weighted by molar-refractivity contribution is 7.89. The molecule has 0 N–H and O–H groups in total. The Morgan fingerprint density at radius 2 is 2.04 bits per heavy atom. The normalized spacial score (nSPS) is 18.5. The highest BCUT2D eigenvalue weighted by Crippen LogP contribution is 2.29. The standard InChI is InChI=1S/C16H17ClFN3O4S/c1-24-15-5-4-13(7-14(15)17)26(22,23)21-6-2-3-12(10-21)25-16-19-8-11(18)9-20-16/h4-5,7-9,12H,2-3,6,10H2,1H3. The molecule has 3 rings (SSSR count). The Labute approximate surface area is 155 Å². The molecule has 1 aromatic carbocycles. The number of nitrogens with zero attached hydrogens (tertiary/aromatic N) is 3. The minimum atomic E-state index is -3.73. The molecular weight excluding hydrogens is 385 g/mol. The van der Waals surface area contributed by atoms with E-state index in [1.165, 1.54) is 29.6 Å². The molecule has 0 spiro atoms. The van der Waals surface area contributed by atoms with Crippen LogP contribution in [0.3, 0.4) is 0 Å². The van der Waals surface area contributed by atoms with E-state index in [9.17, 15) is 12.8 Å². The van der Waals surface area contributed by atoms with E-state index in [-0.39, 0.29) is 22.5 Å². The summed E-state index contributed by atoms with van der Waals surface area (Å²) in [6, 6.07) is 4.35. The predicted molar refractivity (Wildman–Crippen MR) is 92.4 cm³/mol. The van der Waals surface area contributed by atoms with E-state index in [4.69, 9.17) is 21.1 Å². The van der Waals surface area contributed by atoms with Gasteiger partial charge in [0.05, 0.1) is 36.0 Å². The van der Waals surface area contributed by atoms with Crippen LogP contribution in [-0.4, -0.2) is 49.0 Å². The van der Waals surface area contributed by atoms with Crippen molar-refractivity contribution in [1.29, 1.82) is 0 Å². The monoisotopic (exact) mass is 401 g/mol. The molecule has 2 aromatic rings. The van der Waals surface area contributed by atoms with Crippen molar-refractivity contribution in [3.8, 4) is 11.8 Å². The van der Waals surface area contributed by atoms with Gasteiger partial charge < -0.3 is 9.47 Å². The zero-order valence-electron chi connectivity index (χ0n) is 13.9. The number of piperidine rings is 1. The first-order valence-corrected chi connectivity index (χ1v) is 9.70. The molecule has 1 fully saturated rings. The minimum absolute atomic E-state index is 0.0168. The van der Waals surface area contributed by atoms with Gasteiger partial charge in [0.15, 0.2) is 5.82 Å². The molecule has 1 unspecified atom stereocenters. The van der Waals surface area contributed by atoms with Crippen molar-refractivity contribution in [3.63, 3.8) is 0 Å². The van der Waals surface area contributed by atoms with Gasteiger partial charge in [-0.05, 0) is 31.0 Å². The van der Waals surface area contributed by atoms with E-state index in [2.05, 4.69) is 9.97 Å². The Morgan fingerprint density at radius 1 is 1.31 bits per heavy atom. The Bertz CT molecular complexity index is 880. The molecule has 1 aliphatic heterocycles. The molecule has 7 nitrogen and oxygen atoms in total. The van der Waals surface area contributed by atoms with Crippen LogP contribution in [0.4, 0.5) is 4.39 Å². The van der Waals surface area contributed by atoms with Crippen LogP contribution >= 0.6 is 11.6 Å². The third kappa shape index (κ3) is 4.05. The fourth-order valence-electron chi connectivity index (χ4n) is 2.69. The van der Waals surface area contributed by atoms with Gasteiger partial charge in [-0.15, -0.1) is 0 Å². The summed E-state index contributed by atoms with van der Waals surface area (Å²) in [7, 11) is -2.27. The van der Waals surface area contributed by atoms with Crippen LogP contribution in [-0.2, 0) is 10.0 Å². The summed E-state index contributed by atoms with van der Waals surface area (Å²) in [4.78, 5) is 7.57. The van der Waals surface area contributed by atoms with Crippen LogP contribution in [0.1, 0.15) is 12.8 Å². The van der Waals surface area contributed by atoms with Gasteiger partial charge >= 0.3 is 6.01 Å². The van der Waals surface area contributed by atoms with Gasteiger partial charge in [0, 0.05) is 6.54 Å². The molecule has 0 bridgehead atoms. The SMILES string of the molecule is COc1ccc(S(=O)(=O)N2CCCC(Oc3ncc(F)cn3)C2)cc1Cl. The number of halogens is 2. The summed E-state index contributed by atoms with van der Waals surface area (Å²) in [6.45, 7) is 0.517. The average Bonchev–Trinajstić information content (AvgIpc) is 2.64. The quantitative estimate of drug-likeness (QED) is 0.765. The fraction of sp³-hybridized carbons (Fsp3) is 0.375. The molecule has 0 saturated carbocycles.